The second kappa shape index (κ2) is 6.47. The Morgan fingerprint density at radius 2 is 1.74 bits per heavy atom. The van der Waals surface area contributed by atoms with Gasteiger partial charge in [0.2, 0.25) is 11.9 Å². The topological polar surface area (TPSA) is 91.2 Å². The van der Waals surface area contributed by atoms with Crippen molar-refractivity contribution in [2.75, 3.05) is 44.2 Å². The first-order valence-corrected chi connectivity index (χ1v) is 9.54. The van der Waals surface area contributed by atoms with E-state index in [1.54, 1.807) is 18.5 Å². The van der Waals surface area contributed by atoms with Crippen molar-refractivity contribution in [3.05, 3.63) is 18.5 Å². The minimum absolute atomic E-state index is 0.0724. The summed E-state index contributed by atoms with van der Waals surface area (Å²) in [6, 6.07) is 1.79. The summed E-state index contributed by atoms with van der Waals surface area (Å²) in [6.07, 6.45) is 5.24. The Kier molecular flexibility index (Phi) is 3.95. The second-order valence-electron chi connectivity index (χ2n) is 7.57. The van der Waals surface area contributed by atoms with Gasteiger partial charge in [-0.25, -0.2) is 9.97 Å². The van der Waals surface area contributed by atoms with Crippen LogP contribution in [0.1, 0.15) is 12.8 Å². The van der Waals surface area contributed by atoms with Crippen LogP contribution < -0.4 is 4.90 Å². The molecule has 0 bridgehead atoms. The maximum absolute atomic E-state index is 13.0. The van der Waals surface area contributed by atoms with Crippen LogP contribution in [-0.4, -0.2) is 82.7 Å². The molecule has 5 rings (SSSR count). The zero-order valence-corrected chi connectivity index (χ0v) is 15.0. The lowest BCUT2D eigenvalue weighted by atomic mass is 9.99. The molecule has 0 aromatic carbocycles. The van der Waals surface area contributed by atoms with Gasteiger partial charge < -0.3 is 19.5 Å². The molecule has 1 aliphatic carbocycles. The standard InChI is InChI=1S/C18H22N6O3/c25-16(12-2-3-12)24-10-13-14(11-24)27-21-15(13)17(26)22-6-8-23(9-7-22)18-19-4-1-5-20-18/h1,4-5,12-14H,2-3,6-11H2. The highest BCUT2D eigenvalue weighted by Gasteiger charge is 2.49. The van der Waals surface area contributed by atoms with E-state index in [4.69, 9.17) is 4.84 Å². The Labute approximate surface area is 157 Å². The van der Waals surface area contributed by atoms with Crippen molar-refractivity contribution >= 4 is 23.5 Å². The Balaban J connectivity index is 1.20. The lowest BCUT2D eigenvalue weighted by molar-refractivity contribution is -0.132. The molecule has 142 valence electrons. The number of aromatic nitrogens is 2. The number of fused-ring (bicyclic) bond motifs is 1. The summed E-state index contributed by atoms with van der Waals surface area (Å²) in [7, 11) is 0. The van der Waals surface area contributed by atoms with Gasteiger partial charge in [0.1, 0.15) is 0 Å². The average molecular weight is 370 g/mol. The highest BCUT2D eigenvalue weighted by atomic mass is 16.6. The predicted molar refractivity (Wildman–Crippen MR) is 95.9 cm³/mol. The van der Waals surface area contributed by atoms with E-state index < -0.39 is 0 Å². The van der Waals surface area contributed by atoms with Crippen LogP contribution in [0.25, 0.3) is 0 Å². The summed E-state index contributed by atoms with van der Waals surface area (Å²) < 4.78 is 0. The van der Waals surface area contributed by atoms with Crippen LogP contribution in [0.3, 0.4) is 0 Å². The number of nitrogens with zero attached hydrogens (tertiary/aromatic N) is 6. The molecule has 9 nitrogen and oxygen atoms in total. The number of carbonyl (C=O) groups excluding carboxylic acids is 2. The maximum Gasteiger partial charge on any atom is 0.272 e. The number of hydrogen-bond acceptors (Lipinski definition) is 7. The average Bonchev–Trinajstić information content (AvgIpc) is 3.37. The Morgan fingerprint density at radius 1 is 1.00 bits per heavy atom. The lowest BCUT2D eigenvalue weighted by Gasteiger charge is -2.34. The quantitative estimate of drug-likeness (QED) is 0.729. The molecule has 1 aromatic heterocycles. The molecule has 0 spiro atoms. The van der Waals surface area contributed by atoms with Gasteiger partial charge in [-0.1, -0.05) is 5.16 Å². The third-order valence-electron chi connectivity index (χ3n) is 5.76. The Morgan fingerprint density at radius 3 is 2.44 bits per heavy atom. The lowest BCUT2D eigenvalue weighted by Crippen LogP contribution is -2.52. The Bertz CT molecular complexity index is 773. The number of amides is 2. The fraction of sp³-hybridized carbons (Fsp3) is 0.611. The summed E-state index contributed by atoms with van der Waals surface area (Å²) >= 11 is 0. The van der Waals surface area contributed by atoms with Crippen LogP contribution in [0.2, 0.25) is 0 Å². The molecule has 2 unspecified atom stereocenters. The first kappa shape index (κ1) is 16.5. The number of hydrogen-bond donors (Lipinski definition) is 0. The molecule has 2 atom stereocenters. The first-order chi connectivity index (χ1) is 13.2. The van der Waals surface area contributed by atoms with Crippen molar-refractivity contribution in [1.29, 1.82) is 0 Å². The molecule has 0 radical (unpaired) electrons. The van der Waals surface area contributed by atoms with Crippen LogP contribution in [0, 0.1) is 11.8 Å². The normalized spacial score (nSPS) is 27.3. The molecule has 3 aliphatic heterocycles. The van der Waals surface area contributed by atoms with Gasteiger partial charge >= 0.3 is 0 Å². The summed E-state index contributed by atoms with van der Waals surface area (Å²) in [5.41, 5.74) is 0.468. The molecular weight excluding hydrogens is 348 g/mol. The monoisotopic (exact) mass is 370 g/mol. The molecule has 2 saturated heterocycles. The van der Waals surface area contributed by atoms with Gasteiger partial charge in [0.25, 0.3) is 5.91 Å². The van der Waals surface area contributed by atoms with Crippen LogP contribution >= 0.6 is 0 Å². The maximum atomic E-state index is 13.0. The smallest absolute Gasteiger partial charge is 0.272 e. The summed E-state index contributed by atoms with van der Waals surface area (Å²) in [6.45, 7) is 3.65. The molecule has 2 amide bonds. The number of anilines is 1. The molecular formula is C18H22N6O3. The van der Waals surface area contributed by atoms with Gasteiger partial charge in [-0.15, -0.1) is 0 Å². The third-order valence-corrected chi connectivity index (χ3v) is 5.76. The van der Waals surface area contributed by atoms with E-state index in [2.05, 4.69) is 20.0 Å². The largest absolute Gasteiger partial charge is 0.389 e. The second-order valence-corrected chi connectivity index (χ2v) is 7.57. The third kappa shape index (κ3) is 3.00. The van der Waals surface area contributed by atoms with Crippen molar-refractivity contribution in [1.82, 2.24) is 19.8 Å². The van der Waals surface area contributed by atoms with Gasteiger partial charge in [0.05, 0.1) is 12.5 Å². The van der Waals surface area contributed by atoms with Crippen molar-refractivity contribution < 1.29 is 14.4 Å². The minimum Gasteiger partial charge on any atom is -0.389 e. The van der Waals surface area contributed by atoms with E-state index in [0.29, 0.717) is 50.9 Å². The van der Waals surface area contributed by atoms with Gasteiger partial charge in [-0.2, -0.15) is 0 Å². The predicted octanol–water partition coefficient (Wildman–Crippen LogP) is -0.252. The van der Waals surface area contributed by atoms with Gasteiger partial charge in [0, 0.05) is 51.0 Å². The van der Waals surface area contributed by atoms with E-state index in [9.17, 15) is 9.59 Å². The molecule has 3 fully saturated rings. The molecule has 4 heterocycles. The van der Waals surface area contributed by atoms with Crippen molar-refractivity contribution in [2.45, 2.75) is 18.9 Å². The fourth-order valence-corrected chi connectivity index (χ4v) is 4.03. The molecule has 0 N–H and O–H groups in total. The van der Waals surface area contributed by atoms with Crippen molar-refractivity contribution in [2.24, 2.45) is 17.0 Å². The Hall–Kier alpha value is -2.71. The minimum atomic E-state index is -0.175. The van der Waals surface area contributed by atoms with Crippen LogP contribution in [0.15, 0.2) is 23.6 Å². The molecule has 4 aliphatic rings. The van der Waals surface area contributed by atoms with Crippen LogP contribution in [-0.2, 0) is 14.4 Å². The molecule has 1 aromatic rings. The van der Waals surface area contributed by atoms with E-state index in [1.165, 1.54) is 0 Å². The zero-order valence-electron chi connectivity index (χ0n) is 15.0. The molecule has 9 heteroatoms. The van der Waals surface area contributed by atoms with E-state index in [1.807, 2.05) is 9.80 Å². The highest BCUT2D eigenvalue weighted by Crippen LogP contribution is 2.35. The highest BCUT2D eigenvalue weighted by molar-refractivity contribution is 6.40. The van der Waals surface area contributed by atoms with E-state index in [0.717, 1.165) is 12.8 Å². The van der Waals surface area contributed by atoms with Crippen molar-refractivity contribution in [3.8, 4) is 0 Å². The fourth-order valence-electron chi connectivity index (χ4n) is 4.03. The summed E-state index contributed by atoms with van der Waals surface area (Å²) in [5.74, 6) is 0.910. The van der Waals surface area contributed by atoms with Gasteiger partial charge in [0.15, 0.2) is 11.8 Å². The first-order valence-electron chi connectivity index (χ1n) is 9.54. The number of rotatable bonds is 3. The number of likely N-dealkylation sites (tertiary alicyclic amines) is 1. The summed E-state index contributed by atoms with van der Waals surface area (Å²) in [5, 5.41) is 4.08. The SMILES string of the molecule is O=C(C1=NOC2CN(C(=O)C3CC3)CC12)N1CCN(c2ncccn2)CC1. The molecule has 1 saturated carbocycles. The summed E-state index contributed by atoms with van der Waals surface area (Å²) in [4.78, 5) is 45.0. The number of piperazine rings is 1. The van der Waals surface area contributed by atoms with Crippen LogP contribution in [0.4, 0.5) is 5.95 Å². The van der Waals surface area contributed by atoms with Crippen LogP contribution in [0.5, 0.6) is 0 Å². The van der Waals surface area contributed by atoms with E-state index >= 15 is 0 Å². The number of oxime groups is 1. The molecule has 27 heavy (non-hydrogen) atoms. The number of carbonyl (C=O) groups is 2. The van der Waals surface area contributed by atoms with Gasteiger partial charge in [-0.3, -0.25) is 9.59 Å². The van der Waals surface area contributed by atoms with E-state index in [-0.39, 0.29) is 29.8 Å². The van der Waals surface area contributed by atoms with Crippen molar-refractivity contribution in [3.63, 3.8) is 0 Å². The zero-order chi connectivity index (χ0) is 18.4. The van der Waals surface area contributed by atoms with Gasteiger partial charge in [-0.05, 0) is 18.9 Å².